The highest BCUT2D eigenvalue weighted by Crippen LogP contribution is 2.29. The van der Waals surface area contributed by atoms with E-state index in [1.54, 1.807) is 0 Å². The minimum absolute atomic E-state index is 0.168. The number of halogens is 2. The Hall–Kier alpha value is -1.63. The first-order chi connectivity index (χ1) is 12.4. The molecule has 4 rings (SSSR count). The molecule has 0 saturated carbocycles. The van der Waals surface area contributed by atoms with Gasteiger partial charge in [-0.2, -0.15) is 4.98 Å². The van der Waals surface area contributed by atoms with E-state index in [0.29, 0.717) is 18.4 Å². The standard InChI is InChI=1S/C19H21BrClN5/c1-11(2)25-6-5-13-7-12(3-4-14(13)10-25)9-26-16(20)8-15-17(22)23-19(21)24-18(15)26/h3-4,7-8,11H,5-6,9-10H2,1-2H3,(H2,22,23,24). The van der Waals surface area contributed by atoms with Gasteiger partial charge in [0, 0.05) is 19.1 Å². The maximum atomic E-state index is 6.01. The lowest BCUT2D eigenvalue weighted by Gasteiger charge is -2.32. The average Bonchev–Trinajstić information content (AvgIpc) is 2.91. The summed E-state index contributed by atoms with van der Waals surface area (Å²) in [4.78, 5) is 10.9. The lowest BCUT2D eigenvalue weighted by Crippen LogP contribution is -2.35. The van der Waals surface area contributed by atoms with E-state index >= 15 is 0 Å². The zero-order valence-electron chi connectivity index (χ0n) is 14.8. The molecule has 2 N–H and O–H groups in total. The predicted octanol–water partition coefficient (Wildman–Crippen LogP) is 4.24. The fraction of sp³-hybridized carbons (Fsp3) is 0.368. The highest BCUT2D eigenvalue weighted by molar-refractivity contribution is 9.10. The fourth-order valence-electron chi connectivity index (χ4n) is 3.59. The number of fused-ring (bicyclic) bond motifs is 2. The Morgan fingerprint density at radius 1 is 1.23 bits per heavy atom. The third-order valence-electron chi connectivity index (χ3n) is 5.09. The third kappa shape index (κ3) is 3.21. The molecule has 1 aliphatic heterocycles. The second-order valence-electron chi connectivity index (χ2n) is 7.09. The molecular weight excluding hydrogens is 414 g/mol. The zero-order valence-corrected chi connectivity index (χ0v) is 17.2. The summed E-state index contributed by atoms with van der Waals surface area (Å²) in [7, 11) is 0. The van der Waals surface area contributed by atoms with Gasteiger partial charge in [-0.25, -0.2) is 4.98 Å². The van der Waals surface area contributed by atoms with Gasteiger partial charge in [0.1, 0.15) is 11.5 Å². The van der Waals surface area contributed by atoms with Crippen LogP contribution in [0.5, 0.6) is 0 Å². The van der Waals surface area contributed by atoms with Crippen molar-refractivity contribution in [1.82, 2.24) is 19.4 Å². The van der Waals surface area contributed by atoms with Gasteiger partial charge in [0.15, 0.2) is 0 Å². The van der Waals surface area contributed by atoms with Gasteiger partial charge in [0.25, 0.3) is 0 Å². The first-order valence-electron chi connectivity index (χ1n) is 8.75. The Morgan fingerprint density at radius 2 is 2.04 bits per heavy atom. The SMILES string of the molecule is CC(C)N1CCc2cc(Cn3c(Br)cc4c(N)nc(Cl)nc43)ccc2C1. The molecule has 0 fully saturated rings. The van der Waals surface area contributed by atoms with Crippen molar-refractivity contribution in [2.45, 2.75) is 39.4 Å². The van der Waals surface area contributed by atoms with Gasteiger partial charge in [0.05, 0.1) is 16.5 Å². The quantitative estimate of drug-likeness (QED) is 0.626. The predicted molar refractivity (Wildman–Crippen MR) is 109 cm³/mol. The van der Waals surface area contributed by atoms with Crippen molar-refractivity contribution < 1.29 is 0 Å². The summed E-state index contributed by atoms with van der Waals surface area (Å²) in [5.41, 5.74) is 10.9. The minimum atomic E-state index is 0.168. The van der Waals surface area contributed by atoms with Crippen LogP contribution in [0.25, 0.3) is 11.0 Å². The Morgan fingerprint density at radius 3 is 2.81 bits per heavy atom. The summed E-state index contributed by atoms with van der Waals surface area (Å²) in [6.07, 6.45) is 1.09. The molecule has 0 spiro atoms. The second-order valence-corrected chi connectivity index (χ2v) is 8.24. The summed E-state index contributed by atoms with van der Waals surface area (Å²) in [5, 5.41) is 0.980. The first kappa shape index (κ1) is 17.8. The van der Waals surface area contributed by atoms with Crippen LogP contribution >= 0.6 is 27.5 Å². The number of nitrogens with two attached hydrogens (primary N) is 1. The molecule has 0 atom stereocenters. The summed E-state index contributed by atoms with van der Waals surface area (Å²) < 4.78 is 2.99. The van der Waals surface area contributed by atoms with Gasteiger partial charge >= 0.3 is 0 Å². The molecule has 0 unspecified atom stereocenters. The average molecular weight is 435 g/mol. The number of benzene rings is 1. The number of anilines is 1. The van der Waals surface area contributed by atoms with Crippen LogP contribution in [0.15, 0.2) is 28.9 Å². The Kier molecular flexibility index (Phi) is 4.67. The topological polar surface area (TPSA) is 60.0 Å². The number of nitrogens with zero attached hydrogens (tertiary/aromatic N) is 4. The van der Waals surface area contributed by atoms with Gasteiger partial charge in [0.2, 0.25) is 5.28 Å². The summed E-state index contributed by atoms with van der Waals surface area (Å²) in [6.45, 7) is 7.37. The normalized spacial score (nSPS) is 15.0. The monoisotopic (exact) mass is 433 g/mol. The van der Waals surface area contributed by atoms with E-state index in [2.05, 4.69) is 67.4 Å². The molecule has 26 heavy (non-hydrogen) atoms. The lowest BCUT2D eigenvalue weighted by molar-refractivity contribution is 0.203. The summed E-state index contributed by atoms with van der Waals surface area (Å²) in [6, 6.07) is 9.31. The molecule has 0 aliphatic carbocycles. The van der Waals surface area contributed by atoms with Gasteiger partial charge in [-0.05, 0) is 70.6 Å². The van der Waals surface area contributed by atoms with E-state index in [1.165, 1.54) is 16.7 Å². The molecule has 7 heteroatoms. The van der Waals surface area contributed by atoms with Crippen LogP contribution in [-0.2, 0) is 19.5 Å². The van der Waals surface area contributed by atoms with Gasteiger partial charge in [-0.15, -0.1) is 0 Å². The van der Waals surface area contributed by atoms with Crippen molar-refractivity contribution in [3.63, 3.8) is 0 Å². The minimum Gasteiger partial charge on any atom is -0.383 e. The van der Waals surface area contributed by atoms with Crippen molar-refractivity contribution in [1.29, 1.82) is 0 Å². The lowest BCUT2D eigenvalue weighted by atomic mass is 9.96. The van der Waals surface area contributed by atoms with Crippen LogP contribution in [0.2, 0.25) is 5.28 Å². The number of rotatable bonds is 3. The second kappa shape index (κ2) is 6.83. The largest absolute Gasteiger partial charge is 0.383 e. The number of hydrogen-bond acceptors (Lipinski definition) is 4. The van der Waals surface area contributed by atoms with E-state index < -0.39 is 0 Å². The van der Waals surface area contributed by atoms with Crippen LogP contribution in [0.4, 0.5) is 5.82 Å². The third-order valence-corrected chi connectivity index (χ3v) is 5.91. The number of aromatic nitrogens is 3. The van der Waals surface area contributed by atoms with Crippen LogP contribution in [0, 0.1) is 0 Å². The van der Waals surface area contributed by atoms with Gasteiger partial charge < -0.3 is 10.3 Å². The van der Waals surface area contributed by atoms with E-state index in [1.807, 2.05) is 6.07 Å². The number of nitrogen functional groups attached to an aromatic ring is 1. The van der Waals surface area contributed by atoms with E-state index in [9.17, 15) is 0 Å². The molecule has 5 nitrogen and oxygen atoms in total. The van der Waals surface area contributed by atoms with Crippen molar-refractivity contribution in [3.05, 3.63) is 50.8 Å². The number of hydrogen-bond donors (Lipinski definition) is 1. The summed E-state index contributed by atoms with van der Waals surface area (Å²) in [5.74, 6) is 0.402. The maximum absolute atomic E-state index is 6.01. The molecule has 0 radical (unpaired) electrons. The molecule has 1 aromatic carbocycles. The Labute approximate surface area is 166 Å². The van der Waals surface area contributed by atoms with E-state index in [-0.39, 0.29) is 5.28 Å². The highest BCUT2D eigenvalue weighted by Gasteiger charge is 2.19. The van der Waals surface area contributed by atoms with E-state index in [4.69, 9.17) is 17.3 Å². The van der Waals surface area contributed by atoms with Crippen LogP contribution in [0.1, 0.15) is 30.5 Å². The molecule has 0 bridgehead atoms. The molecular formula is C19H21BrClN5. The van der Waals surface area contributed by atoms with Crippen molar-refractivity contribution in [2.75, 3.05) is 12.3 Å². The zero-order chi connectivity index (χ0) is 18.4. The molecule has 2 aromatic heterocycles. The Bertz CT molecular complexity index is 982. The van der Waals surface area contributed by atoms with Crippen LogP contribution < -0.4 is 5.73 Å². The molecule has 136 valence electrons. The highest BCUT2D eigenvalue weighted by atomic mass is 79.9. The van der Waals surface area contributed by atoms with Crippen LogP contribution in [-0.4, -0.2) is 32.0 Å². The van der Waals surface area contributed by atoms with E-state index in [0.717, 1.165) is 35.1 Å². The molecule has 0 saturated heterocycles. The van der Waals surface area contributed by atoms with Crippen molar-refractivity contribution in [3.8, 4) is 0 Å². The maximum Gasteiger partial charge on any atom is 0.226 e. The van der Waals surface area contributed by atoms with Gasteiger partial charge in [-0.3, -0.25) is 4.90 Å². The fourth-order valence-corrected chi connectivity index (χ4v) is 4.28. The molecule has 3 aromatic rings. The Balaban J connectivity index is 1.67. The van der Waals surface area contributed by atoms with Gasteiger partial charge in [-0.1, -0.05) is 18.2 Å². The summed E-state index contributed by atoms with van der Waals surface area (Å²) >= 11 is 9.62. The smallest absolute Gasteiger partial charge is 0.226 e. The molecule has 1 aliphatic rings. The van der Waals surface area contributed by atoms with Crippen LogP contribution in [0.3, 0.4) is 0 Å². The molecule has 3 heterocycles. The van der Waals surface area contributed by atoms with Crippen molar-refractivity contribution >= 4 is 44.4 Å². The molecule has 0 amide bonds. The van der Waals surface area contributed by atoms with Crippen molar-refractivity contribution in [2.24, 2.45) is 0 Å². The first-order valence-corrected chi connectivity index (χ1v) is 9.92.